The van der Waals surface area contributed by atoms with Crippen LogP contribution in [0.4, 0.5) is 0 Å². The predicted molar refractivity (Wildman–Crippen MR) is 104 cm³/mol. The molecule has 2 aromatic rings. The lowest BCUT2D eigenvalue weighted by molar-refractivity contribution is 0.552. The Morgan fingerprint density at radius 2 is 1.13 bits per heavy atom. The Morgan fingerprint density at radius 3 is 1.83 bits per heavy atom. The molecule has 0 spiro atoms. The molecule has 0 bridgehead atoms. The van der Waals surface area contributed by atoms with Crippen LogP contribution in [0.1, 0.15) is 76.2 Å². The summed E-state index contributed by atoms with van der Waals surface area (Å²) in [6.07, 6.45) is 16.3. The monoisotopic (exact) mass is 309 g/mol. The molecule has 0 unspecified atom stereocenters. The summed E-state index contributed by atoms with van der Waals surface area (Å²) in [6.45, 7) is 3.90. The van der Waals surface area contributed by atoms with E-state index in [1.54, 1.807) is 0 Å². The van der Waals surface area contributed by atoms with Crippen molar-refractivity contribution in [2.75, 3.05) is 0 Å². The second-order valence-corrected chi connectivity index (χ2v) is 6.78. The summed E-state index contributed by atoms with van der Waals surface area (Å²) in [6, 6.07) is 15.5. The Morgan fingerprint density at radius 1 is 0.565 bits per heavy atom. The highest BCUT2D eigenvalue weighted by molar-refractivity contribution is 5.85. The van der Waals surface area contributed by atoms with E-state index in [0.717, 1.165) is 6.42 Å². The smallest absolute Gasteiger partial charge is 0.0152 e. The molecular weight excluding hydrogens is 276 g/mol. The van der Waals surface area contributed by atoms with Crippen molar-refractivity contribution in [2.24, 2.45) is 0 Å². The van der Waals surface area contributed by atoms with Crippen LogP contribution in [0, 0.1) is 6.92 Å². The van der Waals surface area contributed by atoms with Crippen LogP contribution in [0.25, 0.3) is 10.8 Å². The Hall–Kier alpha value is -1.30. The molecule has 0 atom stereocenters. The first-order chi connectivity index (χ1) is 11.4. The van der Waals surface area contributed by atoms with Crippen molar-refractivity contribution in [3.8, 4) is 0 Å². The Bertz CT molecular complexity index is 535. The van der Waals surface area contributed by atoms with Crippen molar-refractivity contribution in [2.45, 2.75) is 77.0 Å². The zero-order chi connectivity index (χ0) is 16.2. The minimum absolute atomic E-state index is 1.11. The maximum atomic E-state index is 3.90. The molecule has 0 saturated heterocycles. The van der Waals surface area contributed by atoms with Crippen molar-refractivity contribution in [3.05, 3.63) is 55.0 Å². The van der Waals surface area contributed by atoms with Crippen LogP contribution in [0.2, 0.25) is 0 Å². The van der Waals surface area contributed by atoms with Crippen LogP contribution in [0.15, 0.2) is 42.5 Å². The second-order valence-electron chi connectivity index (χ2n) is 6.78. The molecule has 0 aliphatic carbocycles. The molecule has 0 aromatic heterocycles. The fraction of sp³-hybridized carbons (Fsp3) is 0.522. The van der Waals surface area contributed by atoms with Crippen LogP contribution in [0.5, 0.6) is 0 Å². The minimum Gasteiger partial charge on any atom is -0.0616 e. The average Bonchev–Trinajstić information content (AvgIpc) is 2.60. The molecule has 0 amide bonds. The molecular formula is C23H33. The Kier molecular flexibility index (Phi) is 8.84. The molecule has 23 heavy (non-hydrogen) atoms. The number of hydrogen-bond acceptors (Lipinski definition) is 0. The van der Waals surface area contributed by atoms with E-state index in [9.17, 15) is 0 Å². The zero-order valence-electron chi connectivity index (χ0n) is 14.7. The second kappa shape index (κ2) is 11.3. The first-order valence-electron chi connectivity index (χ1n) is 9.67. The third kappa shape index (κ3) is 6.77. The topological polar surface area (TPSA) is 0 Å². The van der Waals surface area contributed by atoms with Crippen molar-refractivity contribution < 1.29 is 0 Å². The molecule has 125 valence electrons. The van der Waals surface area contributed by atoms with Crippen molar-refractivity contribution >= 4 is 10.8 Å². The van der Waals surface area contributed by atoms with Crippen molar-refractivity contribution in [1.82, 2.24) is 0 Å². The van der Waals surface area contributed by atoms with E-state index < -0.39 is 0 Å². The van der Waals surface area contributed by atoms with Gasteiger partial charge >= 0.3 is 0 Å². The van der Waals surface area contributed by atoms with E-state index in [2.05, 4.69) is 49.4 Å². The van der Waals surface area contributed by atoms with Crippen LogP contribution in [0.3, 0.4) is 0 Å². The molecule has 0 aliphatic rings. The molecule has 2 aromatic carbocycles. The molecule has 0 fully saturated rings. The van der Waals surface area contributed by atoms with Gasteiger partial charge in [0.1, 0.15) is 0 Å². The number of hydrogen-bond donors (Lipinski definition) is 0. The largest absolute Gasteiger partial charge is 0.0616 e. The SMILES string of the molecule is [CH2]CCCCCCCCCCCCc1cccc2ccccc12. The molecule has 0 N–H and O–H groups in total. The molecule has 0 aliphatic heterocycles. The number of benzene rings is 2. The Balaban J connectivity index is 1.54. The van der Waals surface area contributed by atoms with Gasteiger partial charge in [0.2, 0.25) is 0 Å². The predicted octanol–water partition coefficient (Wildman–Crippen LogP) is 7.51. The standard InChI is InChI=1S/C23H33/c1-2-3-4-5-6-7-8-9-10-11-12-16-21-18-15-19-22-17-13-14-20-23(21)22/h13-15,17-20H,1-12,16H2. The van der Waals surface area contributed by atoms with Crippen molar-refractivity contribution in [1.29, 1.82) is 0 Å². The minimum atomic E-state index is 1.11. The summed E-state index contributed by atoms with van der Waals surface area (Å²) in [5.41, 5.74) is 1.52. The summed E-state index contributed by atoms with van der Waals surface area (Å²) in [7, 11) is 0. The van der Waals surface area contributed by atoms with E-state index in [4.69, 9.17) is 0 Å². The number of unbranched alkanes of at least 4 members (excludes halogenated alkanes) is 10. The van der Waals surface area contributed by atoms with E-state index >= 15 is 0 Å². The van der Waals surface area contributed by atoms with Crippen LogP contribution < -0.4 is 0 Å². The summed E-state index contributed by atoms with van der Waals surface area (Å²) < 4.78 is 0. The highest BCUT2D eigenvalue weighted by Gasteiger charge is 2.00. The molecule has 0 heterocycles. The van der Waals surface area contributed by atoms with Gasteiger partial charge in [0.05, 0.1) is 0 Å². The highest BCUT2D eigenvalue weighted by Crippen LogP contribution is 2.20. The normalized spacial score (nSPS) is 11.2. The lowest BCUT2D eigenvalue weighted by Gasteiger charge is -2.06. The van der Waals surface area contributed by atoms with Crippen molar-refractivity contribution in [3.63, 3.8) is 0 Å². The van der Waals surface area contributed by atoms with E-state index in [1.807, 2.05) is 0 Å². The van der Waals surface area contributed by atoms with Gasteiger partial charge in [-0.1, -0.05) is 114 Å². The van der Waals surface area contributed by atoms with Gasteiger partial charge < -0.3 is 0 Å². The van der Waals surface area contributed by atoms with Gasteiger partial charge in [-0.15, -0.1) is 0 Å². The van der Waals surface area contributed by atoms with Gasteiger partial charge in [-0.25, -0.2) is 0 Å². The van der Waals surface area contributed by atoms with Gasteiger partial charge in [0, 0.05) is 0 Å². The molecule has 2 rings (SSSR count). The maximum Gasteiger partial charge on any atom is -0.0152 e. The fourth-order valence-corrected chi connectivity index (χ4v) is 3.42. The molecule has 1 radical (unpaired) electrons. The highest BCUT2D eigenvalue weighted by atomic mass is 14.1. The van der Waals surface area contributed by atoms with Gasteiger partial charge in [0.25, 0.3) is 0 Å². The first-order valence-corrected chi connectivity index (χ1v) is 9.67. The molecule has 0 saturated carbocycles. The van der Waals surface area contributed by atoms with Gasteiger partial charge in [-0.2, -0.15) is 0 Å². The van der Waals surface area contributed by atoms with E-state index in [-0.39, 0.29) is 0 Å². The summed E-state index contributed by atoms with van der Waals surface area (Å²) in [4.78, 5) is 0. The van der Waals surface area contributed by atoms with Crippen LogP contribution in [-0.4, -0.2) is 0 Å². The lowest BCUT2D eigenvalue weighted by Crippen LogP contribution is -1.88. The first kappa shape index (κ1) is 18.0. The van der Waals surface area contributed by atoms with Crippen LogP contribution >= 0.6 is 0 Å². The van der Waals surface area contributed by atoms with E-state index in [1.165, 1.54) is 87.0 Å². The number of rotatable bonds is 12. The quantitative estimate of drug-likeness (QED) is 0.356. The van der Waals surface area contributed by atoms with E-state index in [0.29, 0.717) is 0 Å². The molecule has 0 heteroatoms. The zero-order valence-corrected chi connectivity index (χ0v) is 14.7. The van der Waals surface area contributed by atoms with Crippen LogP contribution in [-0.2, 0) is 6.42 Å². The molecule has 0 nitrogen and oxygen atoms in total. The lowest BCUT2D eigenvalue weighted by atomic mass is 9.99. The maximum absolute atomic E-state index is 3.90. The summed E-state index contributed by atoms with van der Waals surface area (Å²) >= 11 is 0. The third-order valence-electron chi connectivity index (χ3n) is 4.83. The Labute approximate surface area is 143 Å². The fourth-order valence-electron chi connectivity index (χ4n) is 3.42. The number of fused-ring (bicyclic) bond motifs is 1. The van der Waals surface area contributed by atoms with Gasteiger partial charge in [0.15, 0.2) is 0 Å². The van der Waals surface area contributed by atoms with Gasteiger partial charge in [-0.3, -0.25) is 0 Å². The summed E-state index contributed by atoms with van der Waals surface area (Å²) in [5.74, 6) is 0. The third-order valence-corrected chi connectivity index (χ3v) is 4.83. The van der Waals surface area contributed by atoms with Gasteiger partial charge in [-0.05, 0) is 29.2 Å². The summed E-state index contributed by atoms with van der Waals surface area (Å²) in [5, 5.41) is 2.82. The average molecular weight is 310 g/mol. The number of aryl methyl sites for hydroxylation is 1.